The van der Waals surface area contributed by atoms with Crippen LogP contribution in [0.5, 0.6) is 5.75 Å². The van der Waals surface area contributed by atoms with Crippen LogP contribution in [0.4, 0.5) is 0 Å². The summed E-state index contributed by atoms with van der Waals surface area (Å²) in [6.07, 6.45) is 0. The van der Waals surface area contributed by atoms with Gasteiger partial charge in [0.25, 0.3) is 5.91 Å². The summed E-state index contributed by atoms with van der Waals surface area (Å²) >= 11 is 6.00. The molecule has 3 aromatic carbocycles. The van der Waals surface area contributed by atoms with Gasteiger partial charge in [0.1, 0.15) is 11.8 Å². The lowest BCUT2D eigenvalue weighted by Gasteiger charge is -2.31. The fraction of sp³-hybridized carbons (Fsp3) is 0.308. The molecule has 6 heteroatoms. The Kier molecular flexibility index (Phi) is 7.41. The molecule has 1 atom stereocenters. The van der Waals surface area contributed by atoms with Crippen molar-refractivity contribution in [2.24, 2.45) is 0 Å². The summed E-state index contributed by atoms with van der Waals surface area (Å²) in [4.78, 5) is 27.6. The van der Waals surface area contributed by atoms with E-state index in [-0.39, 0.29) is 25.0 Å². The van der Waals surface area contributed by atoms with Gasteiger partial charge in [0.2, 0.25) is 5.91 Å². The summed E-state index contributed by atoms with van der Waals surface area (Å²) < 4.78 is 5.91. The van der Waals surface area contributed by atoms with Crippen molar-refractivity contribution in [2.75, 3.05) is 6.61 Å². The van der Waals surface area contributed by atoms with E-state index in [4.69, 9.17) is 16.3 Å². The van der Waals surface area contributed by atoms with Crippen molar-refractivity contribution in [1.29, 1.82) is 0 Å². The molecule has 0 aliphatic rings. The SMILES string of the molecule is C[C@H](C(=O)NC(C)(C)C)N(Cc1ccc(Cl)cc1)C(=O)COc1cccc2ccccc12. The van der Waals surface area contributed by atoms with Crippen molar-refractivity contribution in [2.45, 2.75) is 45.8 Å². The molecular weight excluding hydrogens is 424 g/mol. The molecular formula is C26H29ClN2O3. The molecule has 0 unspecified atom stereocenters. The Bertz CT molecular complexity index is 1080. The van der Waals surface area contributed by atoms with Crippen molar-refractivity contribution in [3.63, 3.8) is 0 Å². The summed E-state index contributed by atoms with van der Waals surface area (Å²) in [5.74, 6) is 0.143. The number of nitrogens with one attached hydrogen (secondary N) is 1. The number of hydrogen-bond acceptors (Lipinski definition) is 3. The number of benzene rings is 3. The van der Waals surface area contributed by atoms with Gasteiger partial charge in [0, 0.05) is 22.5 Å². The molecule has 0 radical (unpaired) electrons. The molecule has 0 aliphatic carbocycles. The van der Waals surface area contributed by atoms with Crippen LogP contribution in [-0.2, 0) is 16.1 Å². The van der Waals surface area contributed by atoms with Crippen LogP contribution >= 0.6 is 11.6 Å². The number of amides is 2. The molecule has 0 saturated carbocycles. The summed E-state index contributed by atoms with van der Waals surface area (Å²) in [5, 5.41) is 5.54. The molecule has 2 amide bonds. The highest BCUT2D eigenvalue weighted by molar-refractivity contribution is 6.30. The Morgan fingerprint density at radius 2 is 1.66 bits per heavy atom. The zero-order chi connectivity index (χ0) is 23.3. The molecule has 0 aromatic heterocycles. The number of halogens is 1. The molecule has 1 N–H and O–H groups in total. The highest BCUT2D eigenvalue weighted by Gasteiger charge is 2.28. The second kappa shape index (κ2) is 10.0. The molecule has 0 spiro atoms. The molecule has 0 heterocycles. The van der Waals surface area contributed by atoms with E-state index < -0.39 is 11.6 Å². The molecule has 3 aromatic rings. The summed E-state index contributed by atoms with van der Waals surface area (Å²) in [5.41, 5.74) is 0.475. The second-order valence-electron chi connectivity index (χ2n) is 8.83. The minimum Gasteiger partial charge on any atom is -0.483 e. The minimum atomic E-state index is -0.673. The van der Waals surface area contributed by atoms with Crippen molar-refractivity contribution in [1.82, 2.24) is 10.2 Å². The van der Waals surface area contributed by atoms with Crippen molar-refractivity contribution in [3.05, 3.63) is 77.3 Å². The van der Waals surface area contributed by atoms with Gasteiger partial charge in [0.15, 0.2) is 6.61 Å². The number of hydrogen-bond donors (Lipinski definition) is 1. The predicted molar refractivity (Wildman–Crippen MR) is 129 cm³/mol. The van der Waals surface area contributed by atoms with Crippen LogP contribution in [0.15, 0.2) is 66.7 Å². The quantitative estimate of drug-likeness (QED) is 0.535. The highest BCUT2D eigenvalue weighted by atomic mass is 35.5. The Hall–Kier alpha value is -3.05. The van der Waals surface area contributed by atoms with Gasteiger partial charge in [0.05, 0.1) is 0 Å². The number of carbonyl (C=O) groups excluding carboxylic acids is 2. The molecule has 0 saturated heterocycles. The van der Waals surface area contributed by atoms with Gasteiger partial charge in [-0.25, -0.2) is 0 Å². The first kappa shape index (κ1) is 23.6. The fourth-order valence-electron chi connectivity index (χ4n) is 3.39. The lowest BCUT2D eigenvalue weighted by molar-refractivity contribution is -0.142. The number of fused-ring (bicyclic) bond motifs is 1. The average molecular weight is 453 g/mol. The predicted octanol–water partition coefficient (Wildman–Crippen LogP) is 5.20. The van der Waals surface area contributed by atoms with E-state index >= 15 is 0 Å². The van der Waals surface area contributed by atoms with Gasteiger partial charge in [-0.1, -0.05) is 60.1 Å². The van der Waals surface area contributed by atoms with E-state index in [1.165, 1.54) is 4.90 Å². The Balaban J connectivity index is 1.80. The average Bonchev–Trinajstić information content (AvgIpc) is 2.75. The Morgan fingerprint density at radius 3 is 2.34 bits per heavy atom. The molecule has 5 nitrogen and oxygen atoms in total. The zero-order valence-corrected chi connectivity index (χ0v) is 19.6. The van der Waals surface area contributed by atoms with Crippen LogP contribution in [0.3, 0.4) is 0 Å². The van der Waals surface area contributed by atoms with E-state index in [2.05, 4.69) is 5.32 Å². The van der Waals surface area contributed by atoms with Crippen LogP contribution in [0.1, 0.15) is 33.3 Å². The van der Waals surface area contributed by atoms with Gasteiger partial charge in [-0.3, -0.25) is 9.59 Å². The Labute approximate surface area is 194 Å². The topological polar surface area (TPSA) is 58.6 Å². The number of rotatable bonds is 7. The first-order chi connectivity index (χ1) is 15.1. The number of ether oxygens (including phenoxy) is 1. The molecule has 0 aliphatic heterocycles. The first-order valence-electron chi connectivity index (χ1n) is 10.6. The Morgan fingerprint density at radius 1 is 1.00 bits per heavy atom. The standard InChI is InChI=1S/C26H29ClN2O3/c1-18(25(31)28-26(2,3)4)29(16-19-12-14-21(27)15-13-19)24(30)17-32-23-11-7-9-20-8-5-6-10-22(20)23/h5-15,18H,16-17H2,1-4H3,(H,28,31)/t18-/m1/s1. The van der Waals surface area contributed by atoms with E-state index in [0.29, 0.717) is 10.8 Å². The second-order valence-corrected chi connectivity index (χ2v) is 9.27. The van der Waals surface area contributed by atoms with E-state index in [0.717, 1.165) is 16.3 Å². The maximum absolute atomic E-state index is 13.2. The van der Waals surface area contributed by atoms with Gasteiger partial charge in [-0.05, 0) is 56.8 Å². The van der Waals surface area contributed by atoms with Gasteiger partial charge < -0.3 is 15.0 Å². The maximum atomic E-state index is 13.2. The highest BCUT2D eigenvalue weighted by Crippen LogP contribution is 2.25. The van der Waals surface area contributed by atoms with Crippen LogP contribution in [0, 0.1) is 0 Å². The van der Waals surface area contributed by atoms with Crippen LogP contribution < -0.4 is 10.1 Å². The van der Waals surface area contributed by atoms with E-state index in [1.807, 2.05) is 75.4 Å². The number of carbonyl (C=O) groups is 2. The molecule has 32 heavy (non-hydrogen) atoms. The summed E-state index contributed by atoms with van der Waals surface area (Å²) in [7, 11) is 0. The largest absolute Gasteiger partial charge is 0.483 e. The third-order valence-electron chi connectivity index (χ3n) is 5.03. The first-order valence-corrected chi connectivity index (χ1v) is 11.0. The molecule has 0 fully saturated rings. The van der Waals surface area contributed by atoms with Crippen LogP contribution in [-0.4, -0.2) is 34.9 Å². The summed E-state index contributed by atoms with van der Waals surface area (Å²) in [6, 6.07) is 20.1. The smallest absolute Gasteiger partial charge is 0.261 e. The van der Waals surface area contributed by atoms with E-state index in [1.54, 1.807) is 19.1 Å². The lowest BCUT2D eigenvalue weighted by Crippen LogP contribution is -2.53. The molecule has 168 valence electrons. The van der Waals surface area contributed by atoms with Gasteiger partial charge in [-0.15, -0.1) is 0 Å². The summed E-state index contributed by atoms with van der Waals surface area (Å²) in [6.45, 7) is 7.56. The number of nitrogens with zero attached hydrogens (tertiary/aromatic N) is 1. The molecule has 0 bridgehead atoms. The van der Waals surface area contributed by atoms with Crippen molar-refractivity contribution >= 4 is 34.2 Å². The van der Waals surface area contributed by atoms with Crippen molar-refractivity contribution < 1.29 is 14.3 Å². The van der Waals surface area contributed by atoms with E-state index in [9.17, 15) is 9.59 Å². The van der Waals surface area contributed by atoms with Crippen LogP contribution in [0.25, 0.3) is 10.8 Å². The third kappa shape index (κ3) is 6.24. The van der Waals surface area contributed by atoms with Gasteiger partial charge in [-0.2, -0.15) is 0 Å². The molecule has 3 rings (SSSR count). The third-order valence-corrected chi connectivity index (χ3v) is 5.28. The lowest BCUT2D eigenvalue weighted by atomic mass is 10.1. The van der Waals surface area contributed by atoms with Crippen molar-refractivity contribution in [3.8, 4) is 5.75 Å². The minimum absolute atomic E-state index is 0.172. The monoisotopic (exact) mass is 452 g/mol. The van der Waals surface area contributed by atoms with Crippen LogP contribution in [0.2, 0.25) is 5.02 Å². The normalized spacial score (nSPS) is 12.3. The zero-order valence-electron chi connectivity index (χ0n) is 18.9. The van der Waals surface area contributed by atoms with Gasteiger partial charge >= 0.3 is 0 Å². The fourth-order valence-corrected chi connectivity index (χ4v) is 3.51. The maximum Gasteiger partial charge on any atom is 0.261 e.